The molecule has 0 saturated heterocycles. The molecular weight excluding hydrogens is 224 g/mol. The van der Waals surface area contributed by atoms with E-state index in [4.69, 9.17) is 5.73 Å². The minimum Gasteiger partial charge on any atom is -0.326 e. The van der Waals surface area contributed by atoms with Crippen LogP contribution in [0, 0.1) is 13.8 Å². The molecule has 3 nitrogen and oxygen atoms in total. The van der Waals surface area contributed by atoms with Crippen LogP contribution in [0.25, 0.3) is 0 Å². The molecular formula is C15H22N2O. The second-order valence-corrected chi connectivity index (χ2v) is 5.61. The lowest BCUT2D eigenvalue weighted by Crippen LogP contribution is -2.40. The van der Waals surface area contributed by atoms with E-state index in [0.29, 0.717) is 6.42 Å². The molecule has 1 amide bonds. The zero-order valence-corrected chi connectivity index (χ0v) is 11.3. The number of anilines is 1. The van der Waals surface area contributed by atoms with Gasteiger partial charge in [0.05, 0.1) is 0 Å². The van der Waals surface area contributed by atoms with Crippen LogP contribution >= 0.6 is 0 Å². The normalized spacial score (nSPS) is 17.7. The van der Waals surface area contributed by atoms with Crippen LogP contribution in [0.4, 0.5) is 5.69 Å². The Hall–Kier alpha value is -1.35. The third-order valence-electron chi connectivity index (χ3n) is 3.77. The van der Waals surface area contributed by atoms with Crippen LogP contribution in [0.1, 0.15) is 43.2 Å². The summed E-state index contributed by atoms with van der Waals surface area (Å²) in [5.74, 6) is 0.0337. The summed E-state index contributed by atoms with van der Waals surface area (Å²) in [6.45, 7) is 4.06. The molecule has 1 aliphatic carbocycles. The number of carbonyl (C=O) groups is 1. The molecule has 0 radical (unpaired) electrons. The Morgan fingerprint density at radius 2 is 2.00 bits per heavy atom. The average molecular weight is 246 g/mol. The summed E-state index contributed by atoms with van der Waals surface area (Å²) in [6.07, 6.45) is 4.65. The van der Waals surface area contributed by atoms with Gasteiger partial charge in [-0.2, -0.15) is 0 Å². The molecule has 1 aromatic carbocycles. The lowest BCUT2D eigenvalue weighted by Gasteiger charge is -2.22. The molecule has 3 heteroatoms. The van der Waals surface area contributed by atoms with Gasteiger partial charge in [-0.15, -0.1) is 0 Å². The van der Waals surface area contributed by atoms with Crippen molar-refractivity contribution < 1.29 is 4.79 Å². The molecule has 0 unspecified atom stereocenters. The number of nitrogens with two attached hydrogens (primary N) is 1. The molecule has 0 heterocycles. The van der Waals surface area contributed by atoms with Gasteiger partial charge in [-0.3, -0.25) is 4.79 Å². The monoisotopic (exact) mass is 246 g/mol. The van der Waals surface area contributed by atoms with Gasteiger partial charge < -0.3 is 11.1 Å². The maximum absolute atomic E-state index is 12.0. The van der Waals surface area contributed by atoms with E-state index < -0.39 is 0 Å². The Balaban J connectivity index is 1.98. The first kappa shape index (κ1) is 13.1. The van der Waals surface area contributed by atoms with E-state index in [1.54, 1.807) is 0 Å². The number of benzene rings is 1. The Morgan fingerprint density at radius 3 is 2.61 bits per heavy atom. The predicted molar refractivity (Wildman–Crippen MR) is 74.5 cm³/mol. The molecule has 1 aliphatic rings. The Bertz CT molecular complexity index is 448. The average Bonchev–Trinajstić information content (AvgIpc) is 2.69. The molecule has 1 aromatic rings. The second-order valence-electron chi connectivity index (χ2n) is 5.61. The third-order valence-corrected chi connectivity index (χ3v) is 3.77. The van der Waals surface area contributed by atoms with Crippen LogP contribution in [-0.2, 0) is 4.79 Å². The van der Waals surface area contributed by atoms with Crippen molar-refractivity contribution in [3.8, 4) is 0 Å². The molecule has 98 valence electrons. The summed E-state index contributed by atoms with van der Waals surface area (Å²) in [6, 6.07) is 6.04. The lowest BCUT2D eigenvalue weighted by molar-refractivity contribution is -0.117. The fraction of sp³-hybridized carbons (Fsp3) is 0.533. The van der Waals surface area contributed by atoms with Crippen molar-refractivity contribution in [1.82, 2.24) is 0 Å². The number of carbonyl (C=O) groups excluding carboxylic acids is 1. The number of hydrogen-bond acceptors (Lipinski definition) is 2. The Kier molecular flexibility index (Phi) is 3.71. The highest BCUT2D eigenvalue weighted by atomic mass is 16.1. The molecule has 0 aromatic heterocycles. The number of nitrogens with one attached hydrogen (secondary N) is 1. The molecule has 0 aliphatic heterocycles. The molecule has 0 spiro atoms. The van der Waals surface area contributed by atoms with E-state index >= 15 is 0 Å². The number of amides is 1. The molecule has 1 fully saturated rings. The van der Waals surface area contributed by atoms with Crippen molar-refractivity contribution in [2.24, 2.45) is 5.73 Å². The first-order chi connectivity index (χ1) is 8.48. The summed E-state index contributed by atoms with van der Waals surface area (Å²) < 4.78 is 0. The van der Waals surface area contributed by atoms with Gasteiger partial charge in [0, 0.05) is 17.6 Å². The minimum absolute atomic E-state index is 0.0337. The zero-order valence-electron chi connectivity index (χ0n) is 11.3. The zero-order chi connectivity index (χ0) is 13.2. The number of aryl methyl sites for hydroxylation is 2. The third kappa shape index (κ3) is 3.10. The van der Waals surface area contributed by atoms with Crippen LogP contribution in [0.2, 0.25) is 0 Å². The predicted octanol–water partition coefficient (Wildman–Crippen LogP) is 2.90. The van der Waals surface area contributed by atoms with Gasteiger partial charge in [0.1, 0.15) is 0 Å². The number of rotatable bonds is 3. The fourth-order valence-corrected chi connectivity index (χ4v) is 2.72. The molecule has 0 bridgehead atoms. The van der Waals surface area contributed by atoms with E-state index in [0.717, 1.165) is 36.9 Å². The maximum atomic E-state index is 12.0. The standard InChI is InChI=1S/C15H22N2O/c1-11-5-6-13(12(2)9-11)17-14(18)10-15(16)7-3-4-8-15/h5-6,9H,3-4,7-8,10,16H2,1-2H3,(H,17,18). The van der Waals surface area contributed by atoms with Gasteiger partial charge in [0.15, 0.2) is 0 Å². The first-order valence-electron chi connectivity index (χ1n) is 6.65. The lowest BCUT2D eigenvalue weighted by atomic mass is 9.94. The summed E-state index contributed by atoms with van der Waals surface area (Å²) in [4.78, 5) is 12.0. The van der Waals surface area contributed by atoms with Crippen molar-refractivity contribution in [2.75, 3.05) is 5.32 Å². The SMILES string of the molecule is Cc1ccc(NC(=O)CC2(N)CCCC2)c(C)c1. The first-order valence-corrected chi connectivity index (χ1v) is 6.65. The van der Waals surface area contributed by atoms with Crippen LogP contribution in [-0.4, -0.2) is 11.4 Å². The van der Waals surface area contributed by atoms with Crippen LogP contribution in [0.3, 0.4) is 0 Å². The summed E-state index contributed by atoms with van der Waals surface area (Å²) in [7, 11) is 0. The van der Waals surface area contributed by atoms with E-state index in [2.05, 4.69) is 11.4 Å². The topological polar surface area (TPSA) is 55.1 Å². The van der Waals surface area contributed by atoms with E-state index in [1.165, 1.54) is 5.56 Å². The maximum Gasteiger partial charge on any atom is 0.226 e. The van der Waals surface area contributed by atoms with Crippen molar-refractivity contribution >= 4 is 11.6 Å². The number of hydrogen-bond donors (Lipinski definition) is 2. The highest BCUT2D eigenvalue weighted by Crippen LogP contribution is 2.30. The second kappa shape index (κ2) is 5.11. The largest absolute Gasteiger partial charge is 0.326 e. The summed E-state index contributed by atoms with van der Waals surface area (Å²) in [5.41, 5.74) is 9.14. The Morgan fingerprint density at radius 1 is 1.33 bits per heavy atom. The highest BCUT2D eigenvalue weighted by Gasteiger charge is 2.31. The minimum atomic E-state index is -0.275. The van der Waals surface area contributed by atoms with Gasteiger partial charge in [-0.05, 0) is 38.3 Å². The van der Waals surface area contributed by atoms with Gasteiger partial charge in [0.2, 0.25) is 5.91 Å². The summed E-state index contributed by atoms with van der Waals surface area (Å²) in [5, 5.41) is 2.97. The smallest absolute Gasteiger partial charge is 0.226 e. The van der Waals surface area contributed by atoms with Crippen LogP contribution < -0.4 is 11.1 Å². The van der Waals surface area contributed by atoms with Crippen LogP contribution in [0.5, 0.6) is 0 Å². The van der Waals surface area contributed by atoms with Crippen molar-refractivity contribution in [1.29, 1.82) is 0 Å². The molecule has 18 heavy (non-hydrogen) atoms. The van der Waals surface area contributed by atoms with Gasteiger partial charge in [-0.25, -0.2) is 0 Å². The van der Waals surface area contributed by atoms with Crippen LogP contribution in [0.15, 0.2) is 18.2 Å². The van der Waals surface area contributed by atoms with Crippen molar-refractivity contribution in [3.63, 3.8) is 0 Å². The fourth-order valence-electron chi connectivity index (χ4n) is 2.72. The van der Waals surface area contributed by atoms with E-state index in [9.17, 15) is 4.79 Å². The van der Waals surface area contributed by atoms with Gasteiger partial charge in [0.25, 0.3) is 0 Å². The molecule has 1 saturated carbocycles. The van der Waals surface area contributed by atoms with E-state index in [1.807, 2.05) is 26.0 Å². The Labute approximate surface area is 109 Å². The summed E-state index contributed by atoms with van der Waals surface area (Å²) >= 11 is 0. The molecule has 3 N–H and O–H groups in total. The highest BCUT2D eigenvalue weighted by molar-refractivity contribution is 5.92. The quantitative estimate of drug-likeness (QED) is 0.861. The van der Waals surface area contributed by atoms with Crippen molar-refractivity contribution in [2.45, 2.75) is 51.5 Å². The van der Waals surface area contributed by atoms with E-state index in [-0.39, 0.29) is 11.4 Å². The molecule has 2 rings (SSSR count). The van der Waals surface area contributed by atoms with Gasteiger partial charge >= 0.3 is 0 Å². The molecule has 0 atom stereocenters. The van der Waals surface area contributed by atoms with Gasteiger partial charge in [-0.1, -0.05) is 30.5 Å². The van der Waals surface area contributed by atoms with Crippen molar-refractivity contribution in [3.05, 3.63) is 29.3 Å².